The van der Waals surface area contributed by atoms with Gasteiger partial charge < -0.3 is 5.32 Å². The normalized spacial score (nSPS) is 11.0. The van der Waals surface area contributed by atoms with E-state index in [1.165, 1.54) is 11.1 Å². The molecule has 0 saturated heterocycles. The SMILES string of the molecule is C/C=C/CCNCc1cncc(C)c1. The van der Waals surface area contributed by atoms with Crippen LogP contribution in [0.15, 0.2) is 30.6 Å². The van der Waals surface area contributed by atoms with Gasteiger partial charge in [0, 0.05) is 18.9 Å². The Balaban J connectivity index is 2.24. The Labute approximate surface area is 86.1 Å². The highest BCUT2D eigenvalue weighted by Crippen LogP contribution is 2.00. The molecule has 0 radical (unpaired) electrons. The molecular formula is C12H18N2. The van der Waals surface area contributed by atoms with Crippen molar-refractivity contribution in [3.05, 3.63) is 41.7 Å². The van der Waals surface area contributed by atoms with E-state index in [0.29, 0.717) is 0 Å². The molecule has 14 heavy (non-hydrogen) atoms. The average Bonchev–Trinajstić information content (AvgIpc) is 2.18. The summed E-state index contributed by atoms with van der Waals surface area (Å²) >= 11 is 0. The molecule has 0 aromatic carbocycles. The van der Waals surface area contributed by atoms with Crippen LogP contribution in [0.5, 0.6) is 0 Å². The molecule has 0 spiro atoms. The maximum Gasteiger partial charge on any atom is 0.0313 e. The van der Waals surface area contributed by atoms with Gasteiger partial charge in [-0.25, -0.2) is 0 Å². The van der Waals surface area contributed by atoms with Gasteiger partial charge in [0.1, 0.15) is 0 Å². The van der Waals surface area contributed by atoms with Crippen molar-refractivity contribution in [2.75, 3.05) is 6.54 Å². The lowest BCUT2D eigenvalue weighted by atomic mass is 10.2. The fourth-order valence-electron chi connectivity index (χ4n) is 1.30. The number of pyridine rings is 1. The van der Waals surface area contributed by atoms with Crippen molar-refractivity contribution in [1.29, 1.82) is 0 Å². The maximum absolute atomic E-state index is 4.15. The van der Waals surface area contributed by atoms with Crippen molar-refractivity contribution in [1.82, 2.24) is 10.3 Å². The molecule has 1 aromatic heterocycles. The van der Waals surface area contributed by atoms with Gasteiger partial charge in [0.05, 0.1) is 0 Å². The first-order valence-electron chi connectivity index (χ1n) is 5.05. The Morgan fingerprint density at radius 2 is 2.29 bits per heavy atom. The standard InChI is InChI=1S/C12H18N2/c1-3-4-5-6-13-9-12-7-11(2)8-14-10-12/h3-4,7-8,10,13H,5-6,9H2,1-2H3/b4-3+. The summed E-state index contributed by atoms with van der Waals surface area (Å²) in [6, 6.07) is 2.16. The van der Waals surface area contributed by atoms with Gasteiger partial charge >= 0.3 is 0 Å². The fourth-order valence-corrected chi connectivity index (χ4v) is 1.30. The largest absolute Gasteiger partial charge is 0.312 e. The van der Waals surface area contributed by atoms with Gasteiger partial charge in [-0.3, -0.25) is 4.98 Å². The van der Waals surface area contributed by atoms with Gasteiger partial charge in [0.25, 0.3) is 0 Å². The zero-order valence-corrected chi connectivity index (χ0v) is 8.96. The minimum atomic E-state index is 0.909. The molecule has 0 fully saturated rings. The third-order valence-corrected chi connectivity index (χ3v) is 1.98. The van der Waals surface area contributed by atoms with Crippen molar-refractivity contribution < 1.29 is 0 Å². The third kappa shape index (κ3) is 4.19. The number of hydrogen-bond acceptors (Lipinski definition) is 2. The molecule has 0 aliphatic carbocycles. The summed E-state index contributed by atoms with van der Waals surface area (Å²) < 4.78 is 0. The second-order valence-electron chi connectivity index (χ2n) is 3.41. The monoisotopic (exact) mass is 190 g/mol. The van der Waals surface area contributed by atoms with Gasteiger partial charge in [0.15, 0.2) is 0 Å². The van der Waals surface area contributed by atoms with Crippen LogP contribution in [0.3, 0.4) is 0 Å². The first-order valence-corrected chi connectivity index (χ1v) is 5.05. The number of aromatic nitrogens is 1. The second-order valence-corrected chi connectivity index (χ2v) is 3.41. The summed E-state index contributed by atoms with van der Waals surface area (Å²) in [7, 11) is 0. The van der Waals surface area contributed by atoms with E-state index in [1.807, 2.05) is 19.3 Å². The van der Waals surface area contributed by atoms with Crippen molar-refractivity contribution in [3.8, 4) is 0 Å². The molecule has 1 N–H and O–H groups in total. The third-order valence-electron chi connectivity index (χ3n) is 1.98. The molecule has 0 atom stereocenters. The summed E-state index contributed by atoms with van der Waals surface area (Å²) in [6.45, 7) is 6.05. The molecule has 2 nitrogen and oxygen atoms in total. The number of aryl methyl sites for hydroxylation is 1. The van der Waals surface area contributed by atoms with Crippen molar-refractivity contribution in [2.45, 2.75) is 26.8 Å². The number of nitrogens with one attached hydrogen (secondary N) is 1. The molecule has 76 valence electrons. The minimum Gasteiger partial charge on any atom is -0.312 e. The molecule has 1 heterocycles. The lowest BCUT2D eigenvalue weighted by Gasteiger charge is -2.03. The predicted octanol–water partition coefficient (Wildman–Crippen LogP) is 2.45. The van der Waals surface area contributed by atoms with Gasteiger partial charge in [-0.2, -0.15) is 0 Å². The van der Waals surface area contributed by atoms with Crippen LogP contribution in [0.1, 0.15) is 24.5 Å². The van der Waals surface area contributed by atoms with Crippen molar-refractivity contribution in [2.24, 2.45) is 0 Å². The number of rotatable bonds is 5. The lowest BCUT2D eigenvalue weighted by Crippen LogP contribution is -2.14. The maximum atomic E-state index is 4.15. The molecule has 0 amide bonds. The van der Waals surface area contributed by atoms with Crippen LogP contribution in [0.25, 0.3) is 0 Å². The Bertz CT molecular complexity index is 292. The Morgan fingerprint density at radius 1 is 1.43 bits per heavy atom. The molecular weight excluding hydrogens is 172 g/mol. The van der Waals surface area contributed by atoms with Gasteiger partial charge in [-0.05, 0) is 37.9 Å². The van der Waals surface area contributed by atoms with E-state index in [0.717, 1.165) is 19.5 Å². The molecule has 2 heteroatoms. The van der Waals surface area contributed by atoms with E-state index in [-0.39, 0.29) is 0 Å². The first-order chi connectivity index (χ1) is 6.83. The summed E-state index contributed by atoms with van der Waals surface area (Å²) in [4.78, 5) is 4.15. The predicted molar refractivity (Wildman–Crippen MR) is 60.1 cm³/mol. The highest BCUT2D eigenvalue weighted by Gasteiger charge is 1.92. The highest BCUT2D eigenvalue weighted by molar-refractivity contribution is 5.16. The Kier molecular flexibility index (Phi) is 4.94. The molecule has 0 unspecified atom stereocenters. The second kappa shape index (κ2) is 6.33. The van der Waals surface area contributed by atoms with Crippen LogP contribution in [-0.4, -0.2) is 11.5 Å². The van der Waals surface area contributed by atoms with Crippen LogP contribution < -0.4 is 5.32 Å². The Hall–Kier alpha value is -1.15. The van der Waals surface area contributed by atoms with Crippen molar-refractivity contribution >= 4 is 0 Å². The van der Waals surface area contributed by atoms with Crippen LogP contribution in [0.4, 0.5) is 0 Å². The van der Waals surface area contributed by atoms with Gasteiger partial charge in [0.2, 0.25) is 0 Å². The Morgan fingerprint density at radius 3 is 3.00 bits per heavy atom. The number of hydrogen-bond donors (Lipinski definition) is 1. The zero-order chi connectivity index (χ0) is 10.2. The summed E-state index contributed by atoms with van der Waals surface area (Å²) in [5.41, 5.74) is 2.48. The number of nitrogens with zero attached hydrogens (tertiary/aromatic N) is 1. The lowest BCUT2D eigenvalue weighted by molar-refractivity contribution is 0.693. The quantitative estimate of drug-likeness (QED) is 0.570. The molecule has 1 rings (SSSR count). The van der Waals surface area contributed by atoms with Crippen LogP contribution in [-0.2, 0) is 6.54 Å². The summed E-state index contributed by atoms with van der Waals surface area (Å²) in [5.74, 6) is 0. The minimum absolute atomic E-state index is 0.909. The number of allylic oxidation sites excluding steroid dienone is 1. The topological polar surface area (TPSA) is 24.9 Å². The van der Waals surface area contributed by atoms with Crippen LogP contribution in [0.2, 0.25) is 0 Å². The van der Waals surface area contributed by atoms with Crippen LogP contribution in [0, 0.1) is 6.92 Å². The van der Waals surface area contributed by atoms with E-state index < -0.39 is 0 Å². The molecule has 0 saturated carbocycles. The highest BCUT2D eigenvalue weighted by atomic mass is 14.8. The fraction of sp³-hybridized carbons (Fsp3) is 0.417. The molecule has 0 bridgehead atoms. The van der Waals surface area contributed by atoms with Crippen molar-refractivity contribution in [3.63, 3.8) is 0 Å². The van der Waals surface area contributed by atoms with E-state index in [4.69, 9.17) is 0 Å². The summed E-state index contributed by atoms with van der Waals surface area (Å²) in [5, 5.41) is 3.37. The molecule has 1 aromatic rings. The average molecular weight is 190 g/mol. The zero-order valence-electron chi connectivity index (χ0n) is 8.96. The van der Waals surface area contributed by atoms with E-state index in [1.54, 1.807) is 0 Å². The summed E-state index contributed by atoms with van der Waals surface area (Å²) in [6.07, 6.45) is 9.13. The molecule has 0 aliphatic rings. The van der Waals surface area contributed by atoms with Gasteiger partial charge in [-0.15, -0.1) is 0 Å². The molecule has 0 aliphatic heterocycles. The van der Waals surface area contributed by atoms with E-state index >= 15 is 0 Å². The van der Waals surface area contributed by atoms with E-state index in [9.17, 15) is 0 Å². The van der Waals surface area contributed by atoms with Crippen LogP contribution >= 0.6 is 0 Å². The van der Waals surface area contributed by atoms with Gasteiger partial charge in [-0.1, -0.05) is 18.2 Å². The smallest absolute Gasteiger partial charge is 0.0313 e. The first kappa shape index (κ1) is 10.9. The van der Waals surface area contributed by atoms with E-state index in [2.05, 4.69) is 35.4 Å².